The van der Waals surface area contributed by atoms with E-state index in [9.17, 15) is 0 Å². The Hall–Kier alpha value is -0.790. The van der Waals surface area contributed by atoms with Crippen molar-refractivity contribution in [1.82, 2.24) is 0 Å². The highest BCUT2D eigenvalue weighted by molar-refractivity contribution is 5.77. The molecular formula is C8H16N2. The van der Waals surface area contributed by atoms with Gasteiger partial charge in [0.1, 0.15) is 0 Å². The Morgan fingerprint density at radius 3 is 2.50 bits per heavy atom. The van der Waals surface area contributed by atoms with Crippen molar-refractivity contribution in [2.45, 2.75) is 33.6 Å². The molecule has 0 saturated heterocycles. The summed E-state index contributed by atoms with van der Waals surface area (Å²) in [5.74, 6) is 0.621. The van der Waals surface area contributed by atoms with Gasteiger partial charge in [-0.2, -0.15) is 0 Å². The van der Waals surface area contributed by atoms with Crippen molar-refractivity contribution in [3.63, 3.8) is 0 Å². The molecule has 0 bridgehead atoms. The van der Waals surface area contributed by atoms with Crippen molar-refractivity contribution >= 4 is 5.84 Å². The summed E-state index contributed by atoms with van der Waals surface area (Å²) in [4.78, 5) is 3.98. The van der Waals surface area contributed by atoms with Gasteiger partial charge in [-0.05, 0) is 20.3 Å². The standard InChI is InChI=1S/C8H16N2/c1-4-5-7(2)6-10-8(3)9/h6H,4-5H2,1-3H3,(H2,9,10)/b7-6+. The molecule has 2 nitrogen and oxygen atoms in total. The molecule has 0 aromatic carbocycles. The van der Waals surface area contributed by atoms with Gasteiger partial charge in [-0.1, -0.05) is 18.9 Å². The normalized spacial score (nSPS) is 13.9. The van der Waals surface area contributed by atoms with Crippen LogP contribution in [-0.2, 0) is 0 Å². The fourth-order valence-electron chi connectivity index (χ4n) is 0.671. The topological polar surface area (TPSA) is 38.4 Å². The summed E-state index contributed by atoms with van der Waals surface area (Å²) in [7, 11) is 0. The summed E-state index contributed by atoms with van der Waals surface area (Å²) in [5, 5.41) is 0. The predicted octanol–water partition coefficient (Wildman–Crippen LogP) is 2.07. The minimum atomic E-state index is 0.621. The average molecular weight is 140 g/mol. The average Bonchev–Trinajstić information content (AvgIpc) is 1.85. The molecule has 0 heterocycles. The lowest BCUT2D eigenvalue weighted by molar-refractivity contribution is 0.901. The van der Waals surface area contributed by atoms with E-state index >= 15 is 0 Å². The third kappa shape index (κ3) is 5.35. The fourth-order valence-corrected chi connectivity index (χ4v) is 0.671. The first-order valence-electron chi connectivity index (χ1n) is 3.62. The van der Waals surface area contributed by atoms with Gasteiger partial charge in [-0.25, -0.2) is 4.99 Å². The van der Waals surface area contributed by atoms with Crippen molar-refractivity contribution in [2.75, 3.05) is 0 Å². The molecule has 10 heavy (non-hydrogen) atoms. The fraction of sp³-hybridized carbons (Fsp3) is 0.625. The molecule has 0 aliphatic rings. The summed E-state index contributed by atoms with van der Waals surface area (Å²) in [6, 6.07) is 0. The largest absolute Gasteiger partial charge is 0.387 e. The molecule has 0 fully saturated rings. The second-order valence-electron chi connectivity index (χ2n) is 2.50. The first-order chi connectivity index (χ1) is 4.66. The zero-order chi connectivity index (χ0) is 7.98. The number of hydrogen-bond acceptors (Lipinski definition) is 1. The molecule has 58 valence electrons. The van der Waals surface area contributed by atoms with Crippen LogP contribution >= 0.6 is 0 Å². The minimum Gasteiger partial charge on any atom is -0.387 e. The zero-order valence-corrected chi connectivity index (χ0v) is 7.02. The maximum Gasteiger partial charge on any atom is 0.0957 e. The molecular weight excluding hydrogens is 124 g/mol. The molecule has 0 aromatic heterocycles. The number of amidine groups is 1. The number of allylic oxidation sites excluding steroid dienone is 1. The molecule has 0 aliphatic carbocycles. The smallest absolute Gasteiger partial charge is 0.0957 e. The van der Waals surface area contributed by atoms with Crippen LogP contribution < -0.4 is 5.73 Å². The molecule has 0 saturated carbocycles. The van der Waals surface area contributed by atoms with Crippen molar-refractivity contribution < 1.29 is 0 Å². The van der Waals surface area contributed by atoms with Gasteiger partial charge in [-0.15, -0.1) is 0 Å². The van der Waals surface area contributed by atoms with Gasteiger partial charge in [0.2, 0.25) is 0 Å². The van der Waals surface area contributed by atoms with Gasteiger partial charge in [0.15, 0.2) is 0 Å². The molecule has 0 radical (unpaired) electrons. The third-order valence-corrected chi connectivity index (χ3v) is 1.13. The van der Waals surface area contributed by atoms with Crippen molar-refractivity contribution in [2.24, 2.45) is 10.7 Å². The van der Waals surface area contributed by atoms with Crippen LogP contribution in [0.2, 0.25) is 0 Å². The number of aliphatic imine (C=N–C) groups is 1. The van der Waals surface area contributed by atoms with E-state index in [0.29, 0.717) is 5.84 Å². The van der Waals surface area contributed by atoms with E-state index in [1.807, 2.05) is 6.20 Å². The van der Waals surface area contributed by atoms with Crippen LogP contribution in [0.4, 0.5) is 0 Å². The second-order valence-corrected chi connectivity index (χ2v) is 2.50. The van der Waals surface area contributed by atoms with Crippen LogP contribution in [0.3, 0.4) is 0 Å². The van der Waals surface area contributed by atoms with E-state index in [1.165, 1.54) is 12.0 Å². The van der Waals surface area contributed by atoms with E-state index in [4.69, 9.17) is 5.73 Å². The second kappa shape index (κ2) is 5.03. The van der Waals surface area contributed by atoms with E-state index in [-0.39, 0.29) is 0 Å². The van der Waals surface area contributed by atoms with E-state index in [2.05, 4.69) is 18.8 Å². The minimum absolute atomic E-state index is 0.621. The molecule has 2 N–H and O–H groups in total. The first kappa shape index (κ1) is 9.21. The SMILES string of the molecule is CCC/C(C)=C/N=C(C)N. The highest BCUT2D eigenvalue weighted by Gasteiger charge is 1.84. The molecule has 0 amide bonds. The highest BCUT2D eigenvalue weighted by atomic mass is 14.8. The Kier molecular flexibility index (Phi) is 4.63. The van der Waals surface area contributed by atoms with Crippen molar-refractivity contribution in [1.29, 1.82) is 0 Å². The van der Waals surface area contributed by atoms with Gasteiger partial charge in [-0.3, -0.25) is 0 Å². The molecule has 2 heteroatoms. The molecule has 0 aromatic rings. The summed E-state index contributed by atoms with van der Waals surface area (Å²) in [6.45, 7) is 6.00. The molecule has 0 atom stereocenters. The number of nitrogens with zero attached hydrogens (tertiary/aromatic N) is 1. The van der Waals surface area contributed by atoms with Crippen LogP contribution in [0, 0.1) is 0 Å². The predicted molar refractivity (Wildman–Crippen MR) is 46.0 cm³/mol. The summed E-state index contributed by atoms with van der Waals surface area (Å²) < 4.78 is 0. The maximum atomic E-state index is 5.34. The van der Waals surface area contributed by atoms with Crippen LogP contribution in [0.25, 0.3) is 0 Å². The number of hydrogen-bond donors (Lipinski definition) is 1. The Morgan fingerprint density at radius 1 is 1.50 bits per heavy atom. The van der Waals surface area contributed by atoms with Crippen LogP contribution in [0.1, 0.15) is 33.6 Å². The zero-order valence-electron chi connectivity index (χ0n) is 7.02. The Bertz CT molecular complexity index is 141. The lowest BCUT2D eigenvalue weighted by atomic mass is 10.2. The van der Waals surface area contributed by atoms with E-state index < -0.39 is 0 Å². The Morgan fingerprint density at radius 2 is 2.10 bits per heavy atom. The third-order valence-electron chi connectivity index (χ3n) is 1.13. The molecule has 0 rings (SSSR count). The Labute approximate surface area is 62.8 Å². The monoisotopic (exact) mass is 140 g/mol. The van der Waals surface area contributed by atoms with Crippen LogP contribution in [0.5, 0.6) is 0 Å². The Balaban J connectivity index is 3.79. The van der Waals surface area contributed by atoms with Gasteiger partial charge >= 0.3 is 0 Å². The van der Waals surface area contributed by atoms with Gasteiger partial charge in [0.05, 0.1) is 5.84 Å². The first-order valence-corrected chi connectivity index (χ1v) is 3.62. The quantitative estimate of drug-likeness (QED) is 0.473. The summed E-state index contributed by atoms with van der Waals surface area (Å²) >= 11 is 0. The van der Waals surface area contributed by atoms with Crippen LogP contribution in [0.15, 0.2) is 16.8 Å². The van der Waals surface area contributed by atoms with Gasteiger partial charge in [0, 0.05) is 6.20 Å². The maximum absolute atomic E-state index is 5.34. The molecule has 0 spiro atoms. The molecule has 0 aliphatic heterocycles. The summed E-state index contributed by atoms with van der Waals surface area (Å²) in [5.41, 5.74) is 6.63. The number of rotatable bonds is 3. The highest BCUT2D eigenvalue weighted by Crippen LogP contribution is 2.02. The van der Waals surface area contributed by atoms with E-state index in [0.717, 1.165) is 6.42 Å². The summed E-state index contributed by atoms with van der Waals surface area (Å²) in [6.07, 6.45) is 4.11. The lowest BCUT2D eigenvalue weighted by Gasteiger charge is -1.93. The van der Waals surface area contributed by atoms with Crippen molar-refractivity contribution in [3.05, 3.63) is 11.8 Å². The number of nitrogens with two attached hydrogens (primary N) is 1. The van der Waals surface area contributed by atoms with Gasteiger partial charge < -0.3 is 5.73 Å². The lowest BCUT2D eigenvalue weighted by Crippen LogP contribution is -2.03. The van der Waals surface area contributed by atoms with E-state index in [1.54, 1.807) is 6.92 Å². The molecule has 0 unspecified atom stereocenters. The van der Waals surface area contributed by atoms with Crippen LogP contribution in [-0.4, -0.2) is 5.84 Å². The van der Waals surface area contributed by atoms with Gasteiger partial charge in [0.25, 0.3) is 0 Å². The van der Waals surface area contributed by atoms with Crippen molar-refractivity contribution in [3.8, 4) is 0 Å².